The molecule has 96 valence electrons. The van der Waals surface area contributed by atoms with Gasteiger partial charge >= 0.3 is 0 Å². The predicted molar refractivity (Wildman–Crippen MR) is 77.5 cm³/mol. The van der Waals surface area contributed by atoms with E-state index in [1.165, 1.54) is 6.07 Å². The Morgan fingerprint density at radius 1 is 1.39 bits per heavy atom. The first-order valence-corrected chi connectivity index (χ1v) is 6.77. The lowest BCUT2D eigenvalue weighted by molar-refractivity contribution is 0.625. The molecule has 18 heavy (non-hydrogen) atoms. The Bertz CT molecular complexity index is 582. The second-order valence-electron chi connectivity index (χ2n) is 4.76. The van der Waals surface area contributed by atoms with E-state index in [4.69, 9.17) is 0 Å². The van der Waals surface area contributed by atoms with Crippen LogP contribution in [0.25, 0.3) is 10.9 Å². The Morgan fingerprint density at radius 2 is 2.11 bits per heavy atom. The molecule has 0 saturated heterocycles. The van der Waals surface area contributed by atoms with Gasteiger partial charge in [-0.25, -0.2) is 9.37 Å². The van der Waals surface area contributed by atoms with E-state index in [-0.39, 0.29) is 5.82 Å². The predicted octanol–water partition coefficient (Wildman–Crippen LogP) is 4.38. The maximum Gasteiger partial charge on any atom is 0.149 e. The molecule has 0 radical (unpaired) electrons. The zero-order chi connectivity index (χ0) is 13.3. The van der Waals surface area contributed by atoms with Crippen molar-refractivity contribution in [3.05, 3.63) is 34.2 Å². The van der Waals surface area contributed by atoms with Crippen LogP contribution in [-0.2, 0) is 6.42 Å². The number of anilines is 1. The summed E-state index contributed by atoms with van der Waals surface area (Å²) < 4.78 is 14.7. The maximum atomic E-state index is 13.9. The number of hydrogen-bond acceptors (Lipinski definition) is 2. The molecule has 4 heteroatoms. The van der Waals surface area contributed by atoms with Gasteiger partial charge in [0.2, 0.25) is 0 Å². The van der Waals surface area contributed by atoms with E-state index >= 15 is 0 Å². The number of hydrogen-bond donors (Lipinski definition) is 1. The zero-order valence-electron chi connectivity index (χ0n) is 10.7. The van der Waals surface area contributed by atoms with Crippen molar-refractivity contribution in [3.8, 4) is 0 Å². The average Bonchev–Trinajstić information content (AvgIpc) is 2.32. The van der Waals surface area contributed by atoms with Crippen molar-refractivity contribution in [1.82, 2.24) is 4.98 Å². The van der Waals surface area contributed by atoms with Crippen LogP contribution in [0.5, 0.6) is 0 Å². The summed E-state index contributed by atoms with van der Waals surface area (Å²) in [6.45, 7) is 4.25. The lowest BCUT2D eigenvalue weighted by Gasteiger charge is -2.12. The van der Waals surface area contributed by atoms with Gasteiger partial charge in [-0.05, 0) is 30.5 Å². The zero-order valence-corrected chi connectivity index (χ0v) is 12.3. The first kappa shape index (κ1) is 13.3. The molecular weight excluding hydrogens is 295 g/mol. The first-order valence-electron chi connectivity index (χ1n) is 5.98. The van der Waals surface area contributed by atoms with E-state index in [1.54, 1.807) is 6.07 Å². The van der Waals surface area contributed by atoms with E-state index in [1.807, 2.05) is 13.1 Å². The van der Waals surface area contributed by atoms with Crippen LogP contribution in [0.4, 0.5) is 10.1 Å². The molecule has 1 N–H and O–H groups in total. The third-order valence-corrected chi connectivity index (χ3v) is 3.46. The van der Waals surface area contributed by atoms with Crippen molar-refractivity contribution in [2.45, 2.75) is 20.3 Å². The Hall–Kier alpha value is -1.16. The molecular formula is C14H16BrFN2. The summed E-state index contributed by atoms with van der Waals surface area (Å²) >= 11 is 3.45. The Kier molecular flexibility index (Phi) is 3.85. The highest BCUT2D eigenvalue weighted by Crippen LogP contribution is 2.32. The van der Waals surface area contributed by atoms with Crippen molar-refractivity contribution in [3.63, 3.8) is 0 Å². The van der Waals surface area contributed by atoms with Gasteiger partial charge in [0.15, 0.2) is 0 Å². The molecule has 0 atom stereocenters. The number of halogens is 2. The molecule has 0 unspecified atom stereocenters. The molecule has 0 amide bonds. The Balaban J connectivity index is 2.71. The van der Waals surface area contributed by atoms with Gasteiger partial charge < -0.3 is 5.32 Å². The van der Waals surface area contributed by atoms with Crippen LogP contribution < -0.4 is 5.32 Å². The number of nitrogens with zero attached hydrogens (tertiary/aromatic N) is 1. The lowest BCUT2D eigenvalue weighted by Crippen LogP contribution is -2.02. The quantitative estimate of drug-likeness (QED) is 0.910. The summed E-state index contributed by atoms with van der Waals surface area (Å²) in [6, 6.07) is 5.15. The fourth-order valence-electron chi connectivity index (χ4n) is 2.04. The second-order valence-corrected chi connectivity index (χ2v) is 5.62. The normalized spacial score (nSPS) is 11.2. The average molecular weight is 311 g/mol. The van der Waals surface area contributed by atoms with Gasteiger partial charge in [-0.1, -0.05) is 29.8 Å². The second kappa shape index (κ2) is 5.22. The minimum absolute atomic E-state index is 0.282. The van der Waals surface area contributed by atoms with Crippen LogP contribution in [0.1, 0.15) is 19.5 Å². The topological polar surface area (TPSA) is 24.9 Å². The minimum Gasteiger partial charge on any atom is -0.387 e. The van der Waals surface area contributed by atoms with Gasteiger partial charge in [0, 0.05) is 28.3 Å². The van der Waals surface area contributed by atoms with E-state index in [2.05, 4.69) is 40.1 Å². The van der Waals surface area contributed by atoms with E-state index in [9.17, 15) is 4.39 Å². The van der Waals surface area contributed by atoms with Crippen LogP contribution in [0, 0.1) is 11.7 Å². The standard InChI is InChI=1S/C14H16BrFN2/c1-8(2)6-9-7-12(17-3)13-10(15)4-5-11(16)14(13)18-9/h4-5,7-8H,6H2,1-3H3,(H,17,18). The summed E-state index contributed by atoms with van der Waals surface area (Å²) in [6.07, 6.45) is 0.844. The van der Waals surface area contributed by atoms with Crippen molar-refractivity contribution < 1.29 is 4.39 Å². The molecule has 1 aromatic heterocycles. The molecule has 0 aliphatic heterocycles. The number of fused-ring (bicyclic) bond motifs is 1. The lowest BCUT2D eigenvalue weighted by atomic mass is 10.1. The molecule has 2 nitrogen and oxygen atoms in total. The molecule has 1 heterocycles. The SMILES string of the molecule is CNc1cc(CC(C)C)nc2c(F)ccc(Br)c12. The number of benzene rings is 1. The first-order chi connectivity index (χ1) is 8.52. The third kappa shape index (κ3) is 2.48. The Labute approximate surface area is 115 Å². The van der Waals surface area contributed by atoms with Gasteiger partial charge in [-0.3, -0.25) is 0 Å². The number of rotatable bonds is 3. The third-order valence-electron chi connectivity index (χ3n) is 2.80. The molecule has 0 saturated carbocycles. The fraction of sp³-hybridized carbons (Fsp3) is 0.357. The van der Waals surface area contributed by atoms with Crippen molar-refractivity contribution in [2.75, 3.05) is 12.4 Å². The van der Waals surface area contributed by atoms with E-state index < -0.39 is 0 Å². The number of pyridine rings is 1. The van der Waals surface area contributed by atoms with Crippen LogP contribution in [-0.4, -0.2) is 12.0 Å². The highest BCUT2D eigenvalue weighted by molar-refractivity contribution is 9.10. The van der Waals surface area contributed by atoms with Crippen molar-refractivity contribution in [1.29, 1.82) is 0 Å². The molecule has 0 aliphatic carbocycles. The van der Waals surface area contributed by atoms with E-state index in [0.29, 0.717) is 11.4 Å². The van der Waals surface area contributed by atoms with Gasteiger partial charge in [0.05, 0.1) is 0 Å². The van der Waals surface area contributed by atoms with Crippen LogP contribution in [0.15, 0.2) is 22.7 Å². The van der Waals surface area contributed by atoms with E-state index in [0.717, 1.165) is 27.7 Å². The molecule has 0 aliphatic rings. The monoisotopic (exact) mass is 310 g/mol. The summed E-state index contributed by atoms with van der Waals surface area (Å²) in [5.74, 6) is 0.213. The van der Waals surface area contributed by atoms with Crippen molar-refractivity contribution >= 4 is 32.5 Å². The minimum atomic E-state index is -0.282. The molecule has 0 bridgehead atoms. The van der Waals surface area contributed by atoms with Crippen LogP contribution in [0.2, 0.25) is 0 Å². The summed E-state index contributed by atoms with van der Waals surface area (Å²) in [5, 5.41) is 3.91. The largest absolute Gasteiger partial charge is 0.387 e. The highest BCUT2D eigenvalue weighted by atomic mass is 79.9. The van der Waals surface area contributed by atoms with Gasteiger partial charge in [-0.2, -0.15) is 0 Å². The maximum absolute atomic E-state index is 13.9. The highest BCUT2D eigenvalue weighted by Gasteiger charge is 2.12. The molecule has 2 aromatic rings. The van der Waals surface area contributed by atoms with Crippen molar-refractivity contribution in [2.24, 2.45) is 5.92 Å². The van der Waals surface area contributed by atoms with Gasteiger partial charge in [0.1, 0.15) is 11.3 Å². The number of aromatic nitrogens is 1. The smallest absolute Gasteiger partial charge is 0.149 e. The molecule has 0 fully saturated rings. The van der Waals surface area contributed by atoms with Crippen LogP contribution >= 0.6 is 15.9 Å². The number of nitrogens with one attached hydrogen (secondary N) is 1. The fourth-order valence-corrected chi connectivity index (χ4v) is 2.57. The van der Waals surface area contributed by atoms with Crippen LogP contribution in [0.3, 0.4) is 0 Å². The Morgan fingerprint density at radius 3 is 2.72 bits per heavy atom. The van der Waals surface area contributed by atoms with Gasteiger partial charge in [-0.15, -0.1) is 0 Å². The summed E-state index contributed by atoms with van der Waals surface area (Å²) in [7, 11) is 1.84. The molecule has 2 rings (SSSR count). The summed E-state index contributed by atoms with van der Waals surface area (Å²) in [4.78, 5) is 4.44. The molecule has 1 aromatic carbocycles. The van der Waals surface area contributed by atoms with Gasteiger partial charge in [0.25, 0.3) is 0 Å². The molecule has 0 spiro atoms. The summed E-state index contributed by atoms with van der Waals surface area (Å²) in [5.41, 5.74) is 2.24.